The summed E-state index contributed by atoms with van der Waals surface area (Å²) in [5.41, 5.74) is 2.59. The van der Waals surface area contributed by atoms with E-state index in [1.807, 2.05) is 6.92 Å². The maximum atomic E-state index is 11.7. The average Bonchev–Trinajstić information content (AvgIpc) is 2.40. The summed E-state index contributed by atoms with van der Waals surface area (Å²) in [5.74, 6) is 0.0622. The van der Waals surface area contributed by atoms with Crippen LogP contribution in [0.1, 0.15) is 25.3 Å². The second kappa shape index (κ2) is 5.89. The molecule has 1 saturated heterocycles. The largest absolute Gasteiger partial charge is 0.466 e. The number of ether oxygens (including phenoxy) is 1. The number of esters is 1. The summed E-state index contributed by atoms with van der Waals surface area (Å²) in [6, 6.07) is 8.41. The second-order valence-electron chi connectivity index (χ2n) is 4.80. The number of aryl methyl sites for hydroxylation is 1. The third-order valence-corrected chi connectivity index (χ3v) is 3.57. The Kier molecular flexibility index (Phi) is 4.24. The van der Waals surface area contributed by atoms with E-state index in [2.05, 4.69) is 36.1 Å². The number of para-hydroxylation sites is 1. The van der Waals surface area contributed by atoms with Crippen molar-refractivity contribution in [2.75, 3.05) is 24.6 Å². The van der Waals surface area contributed by atoms with E-state index in [0.29, 0.717) is 6.61 Å². The lowest BCUT2D eigenvalue weighted by Crippen LogP contribution is -2.37. The number of carbonyl (C=O) groups excluding carboxylic acids is 1. The number of rotatable bonds is 3. The predicted octanol–water partition coefficient (Wildman–Crippen LogP) is 2.77. The molecule has 1 heterocycles. The molecule has 2 rings (SSSR count). The maximum absolute atomic E-state index is 11.7. The van der Waals surface area contributed by atoms with Crippen LogP contribution in [0.4, 0.5) is 5.69 Å². The first-order valence-electron chi connectivity index (χ1n) is 6.69. The van der Waals surface area contributed by atoms with Crippen LogP contribution >= 0.6 is 0 Å². The van der Waals surface area contributed by atoms with Gasteiger partial charge >= 0.3 is 5.97 Å². The number of carbonyl (C=O) groups is 1. The molecule has 0 amide bonds. The zero-order valence-electron chi connectivity index (χ0n) is 11.2. The van der Waals surface area contributed by atoms with Crippen molar-refractivity contribution in [2.24, 2.45) is 5.92 Å². The molecule has 3 heteroatoms. The Hall–Kier alpha value is -1.51. The SMILES string of the molecule is CCOC(=O)C1CCN(c2ccccc2C)CC1. The first kappa shape index (κ1) is 12.9. The summed E-state index contributed by atoms with van der Waals surface area (Å²) in [7, 11) is 0. The van der Waals surface area contributed by atoms with Crippen LogP contribution in [0.2, 0.25) is 0 Å². The minimum absolute atomic E-state index is 0.0260. The molecule has 1 aromatic carbocycles. The van der Waals surface area contributed by atoms with Gasteiger partial charge in [0.05, 0.1) is 12.5 Å². The van der Waals surface area contributed by atoms with Crippen LogP contribution in [0, 0.1) is 12.8 Å². The van der Waals surface area contributed by atoms with Crippen LogP contribution in [0.15, 0.2) is 24.3 Å². The van der Waals surface area contributed by atoms with Crippen molar-refractivity contribution in [1.82, 2.24) is 0 Å². The molecular weight excluding hydrogens is 226 g/mol. The Morgan fingerprint density at radius 2 is 2.00 bits per heavy atom. The van der Waals surface area contributed by atoms with Crippen molar-refractivity contribution in [3.05, 3.63) is 29.8 Å². The molecule has 18 heavy (non-hydrogen) atoms. The van der Waals surface area contributed by atoms with Crippen LogP contribution < -0.4 is 4.90 Å². The van der Waals surface area contributed by atoms with Gasteiger partial charge in [-0.05, 0) is 38.3 Å². The molecule has 1 aromatic rings. The van der Waals surface area contributed by atoms with Gasteiger partial charge in [0.25, 0.3) is 0 Å². The molecule has 0 aromatic heterocycles. The maximum Gasteiger partial charge on any atom is 0.309 e. The minimum atomic E-state index is -0.0260. The van der Waals surface area contributed by atoms with E-state index in [0.717, 1.165) is 25.9 Å². The highest BCUT2D eigenvalue weighted by molar-refractivity contribution is 5.73. The molecule has 1 aliphatic rings. The lowest BCUT2D eigenvalue weighted by atomic mass is 9.96. The Morgan fingerprint density at radius 1 is 1.33 bits per heavy atom. The van der Waals surface area contributed by atoms with E-state index in [1.165, 1.54) is 11.3 Å². The first-order valence-corrected chi connectivity index (χ1v) is 6.69. The summed E-state index contributed by atoms with van der Waals surface area (Å²) >= 11 is 0. The standard InChI is InChI=1S/C15H21NO2/c1-3-18-15(17)13-8-10-16(11-9-13)14-7-5-4-6-12(14)2/h4-7,13H,3,8-11H2,1-2H3. The van der Waals surface area contributed by atoms with Crippen LogP contribution in [0.5, 0.6) is 0 Å². The third kappa shape index (κ3) is 2.84. The number of nitrogens with zero attached hydrogens (tertiary/aromatic N) is 1. The van der Waals surface area contributed by atoms with Gasteiger partial charge in [0.1, 0.15) is 0 Å². The van der Waals surface area contributed by atoms with Gasteiger partial charge in [-0.1, -0.05) is 18.2 Å². The molecule has 0 radical (unpaired) electrons. The number of benzene rings is 1. The van der Waals surface area contributed by atoms with Crippen molar-refractivity contribution in [3.63, 3.8) is 0 Å². The van der Waals surface area contributed by atoms with Gasteiger partial charge in [-0.2, -0.15) is 0 Å². The van der Waals surface area contributed by atoms with E-state index in [9.17, 15) is 4.79 Å². The molecule has 0 saturated carbocycles. The molecule has 0 aliphatic carbocycles. The highest BCUT2D eigenvalue weighted by Crippen LogP contribution is 2.26. The Balaban J connectivity index is 1.95. The lowest BCUT2D eigenvalue weighted by Gasteiger charge is -2.33. The summed E-state index contributed by atoms with van der Waals surface area (Å²) in [4.78, 5) is 14.0. The van der Waals surface area contributed by atoms with Crippen LogP contribution in [0.25, 0.3) is 0 Å². The van der Waals surface area contributed by atoms with Gasteiger partial charge in [-0.3, -0.25) is 4.79 Å². The summed E-state index contributed by atoms with van der Waals surface area (Å²) in [5, 5.41) is 0. The highest BCUT2D eigenvalue weighted by Gasteiger charge is 2.26. The lowest BCUT2D eigenvalue weighted by molar-refractivity contribution is -0.148. The molecule has 0 atom stereocenters. The molecule has 98 valence electrons. The molecular formula is C15H21NO2. The molecule has 3 nitrogen and oxygen atoms in total. The Labute approximate surface area is 109 Å². The van der Waals surface area contributed by atoms with Gasteiger partial charge < -0.3 is 9.64 Å². The van der Waals surface area contributed by atoms with E-state index in [-0.39, 0.29) is 11.9 Å². The molecule has 1 fully saturated rings. The number of piperidine rings is 1. The third-order valence-electron chi connectivity index (χ3n) is 3.57. The zero-order chi connectivity index (χ0) is 13.0. The fourth-order valence-electron chi connectivity index (χ4n) is 2.53. The van der Waals surface area contributed by atoms with E-state index in [4.69, 9.17) is 4.74 Å². The van der Waals surface area contributed by atoms with E-state index in [1.54, 1.807) is 0 Å². The van der Waals surface area contributed by atoms with Crippen molar-refractivity contribution < 1.29 is 9.53 Å². The summed E-state index contributed by atoms with van der Waals surface area (Å²) < 4.78 is 5.09. The quantitative estimate of drug-likeness (QED) is 0.769. The number of hydrogen-bond acceptors (Lipinski definition) is 3. The summed E-state index contributed by atoms with van der Waals surface area (Å²) in [6.45, 7) is 6.35. The molecule has 1 aliphatic heterocycles. The molecule has 0 unspecified atom stereocenters. The van der Waals surface area contributed by atoms with Gasteiger partial charge in [0.15, 0.2) is 0 Å². The average molecular weight is 247 g/mol. The molecule has 0 bridgehead atoms. The van der Waals surface area contributed by atoms with Gasteiger partial charge in [-0.15, -0.1) is 0 Å². The van der Waals surface area contributed by atoms with Crippen molar-refractivity contribution in [3.8, 4) is 0 Å². The fraction of sp³-hybridized carbons (Fsp3) is 0.533. The predicted molar refractivity (Wildman–Crippen MR) is 72.7 cm³/mol. The van der Waals surface area contributed by atoms with Crippen LogP contribution in [-0.2, 0) is 9.53 Å². The second-order valence-corrected chi connectivity index (χ2v) is 4.80. The van der Waals surface area contributed by atoms with Crippen molar-refractivity contribution >= 4 is 11.7 Å². The van der Waals surface area contributed by atoms with E-state index < -0.39 is 0 Å². The van der Waals surface area contributed by atoms with E-state index >= 15 is 0 Å². The molecule has 0 N–H and O–H groups in total. The monoisotopic (exact) mass is 247 g/mol. The number of anilines is 1. The Bertz CT molecular complexity index is 409. The number of hydrogen-bond donors (Lipinski definition) is 0. The van der Waals surface area contributed by atoms with Gasteiger partial charge in [-0.25, -0.2) is 0 Å². The normalized spacial score (nSPS) is 16.7. The molecule has 0 spiro atoms. The highest BCUT2D eigenvalue weighted by atomic mass is 16.5. The van der Waals surface area contributed by atoms with Crippen molar-refractivity contribution in [2.45, 2.75) is 26.7 Å². The first-order chi connectivity index (χ1) is 8.72. The van der Waals surface area contributed by atoms with Gasteiger partial charge in [0.2, 0.25) is 0 Å². The van der Waals surface area contributed by atoms with Crippen LogP contribution in [0.3, 0.4) is 0 Å². The topological polar surface area (TPSA) is 29.5 Å². The summed E-state index contributed by atoms with van der Waals surface area (Å²) in [6.07, 6.45) is 1.79. The minimum Gasteiger partial charge on any atom is -0.466 e. The smallest absolute Gasteiger partial charge is 0.309 e. The Morgan fingerprint density at radius 3 is 2.61 bits per heavy atom. The fourth-order valence-corrected chi connectivity index (χ4v) is 2.53. The van der Waals surface area contributed by atoms with Gasteiger partial charge in [0, 0.05) is 18.8 Å². The zero-order valence-corrected chi connectivity index (χ0v) is 11.2. The van der Waals surface area contributed by atoms with Crippen molar-refractivity contribution in [1.29, 1.82) is 0 Å². The van der Waals surface area contributed by atoms with Crippen LogP contribution in [-0.4, -0.2) is 25.7 Å².